The van der Waals surface area contributed by atoms with Crippen molar-refractivity contribution in [1.82, 2.24) is 15.5 Å². The quantitative estimate of drug-likeness (QED) is 0.884. The van der Waals surface area contributed by atoms with E-state index in [1.807, 2.05) is 41.5 Å². The van der Waals surface area contributed by atoms with Gasteiger partial charge < -0.3 is 15.6 Å². The molecule has 3 N–H and O–H groups in total. The van der Waals surface area contributed by atoms with E-state index in [1.54, 1.807) is 6.07 Å². The van der Waals surface area contributed by atoms with E-state index in [9.17, 15) is 4.79 Å². The third-order valence-corrected chi connectivity index (χ3v) is 4.49. The summed E-state index contributed by atoms with van der Waals surface area (Å²) in [5, 5.41) is 7.85. The summed E-state index contributed by atoms with van der Waals surface area (Å²) in [5.74, 6) is 0.174. The molecule has 2 rings (SSSR count). The highest BCUT2D eigenvalue weighted by Gasteiger charge is 2.30. The Morgan fingerprint density at radius 2 is 2.04 bits per heavy atom. The number of hydrogen-bond donors (Lipinski definition) is 2. The molecule has 126 valence electrons. The van der Waals surface area contributed by atoms with Crippen molar-refractivity contribution in [3.8, 4) is 0 Å². The van der Waals surface area contributed by atoms with Gasteiger partial charge in [0.25, 0.3) is 11.6 Å². The van der Waals surface area contributed by atoms with Crippen LogP contribution in [0.4, 0.5) is 0 Å². The zero-order chi connectivity index (χ0) is 17.4. The van der Waals surface area contributed by atoms with Gasteiger partial charge in [-0.25, -0.2) is 4.98 Å². The molecule has 0 saturated carbocycles. The number of aromatic nitrogens is 2. The number of aryl methyl sites for hydroxylation is 1. The number of hydrogen-bond acceptors (Lipinski definition) is 5. The minimum absolute atomic E-state index is 0.137. The van der Waals surface area contributed by atoms with E-state index >= 15 is 0 Å². The fourth-order valence-electron chi connectivity index (χ4n) is 2.43. The highest BCUT2D eigenvalue weighted by atomic mass is 16.5. The smallest absolute Gasteiger partial charge is 0.259 e. The van der Waals surface area contributed by atoms with Crippen molar-refractivity contribution in [3.05, 3.63) is 23.0 Å². The van der Waals surface area contributed by atoms with E-state index < -0.39 is 5.54 Å². The Hall–Kier alpha value is -1.95. The fraction of sp³-hybridized carbons (Fsp3) is 0.588. The Labute approximate surface area is 136 Å². The SMILES string of the molecule is Cc1cc(C(=O)NC(C)(CN)C(C)C)c2c(C(C)C)noc2n1. The maximum atomic E-state index is 12.9. The second-order valence-electron chi connectivity index (χ2n) is 6.94. The van der Waals surface area contributed by atoms with Crippen LogP contribution in [0.3, 0.4) is 0 Å². The van der Waals surface area contributed by atoms with E-state index in [2.05, 4.69) is 15.5 Å². The fourth-order valence-corrected chi connectivity index (χ4v) is 2.43. The van der Waals surface area contributed by atoms with Crippen molar-refractivity contribution in [1.29, 1.82) is 0 Å². The summed E-state index contributed by atoms with van der Waals surface area (Å²) in [6.07, 6.45) is 0. The molecule has 0 bridgehead atoms. The van der Waals surface area contributed by atoms with Gasteiger partial charge in [-0.1, -0.05) is 32.9 Å². The van der Waals surface area contributed by atoms with Crippen molar-refractivity contribution in [2.75, 3.05) is 6.54 Å². The predicted molar refractivity (Wildman–Crippen MR) is 90.4 cm³/mol. The molecule has 23 heavy (non-hydrogen) atoms. The Balaban J connectivity index is 2.54. The zero-order valence-electron chi connectivity index (χ0n) is 14.7. The summed E-state index contributed by atoms with van der Waals surface area (Å²) in [6, 6.07) is 1.78. The standard InChI is InChI=1S/C17H26N4O2/c1-9(2)14-13-12(7-11(5)19-16(13)23-21-14)15(22)20-17(6,8-18)10(3)4/h7,9-10H,8,18H2,1-6H3,(H,20,22). The van der Waals surface area contributed by atoms with Gasteiger partial charge in [0.05, 0.1) is 22.2 Å². The van der Waals surface area contributed by atoms with Crippen molar-refractivity contribution in [2.24, 2.45) is 11.7 Å². The molecule has 1 unspecified atom stereocenters. The molecule has 0 saturated heterocycles. The predicted octanol–water partition coefficient (Wildman–Crippen LogP) is 2.76. The van der Waals surface area contributed by atoms with Crippen LogP contribution in [0.2, 0.25) is 0 Å². The van der Waals surface area contributed by atoms with Gasteiger partial charge in [0.1, 0.15) is 0 Å². The molecule has 0 aliphatic rings. The molecule has 6 nitrogen and oxygen atoms in total. The highest BCUT2D eigenvalue weighted by molar-refractivity contribution is 6.06. The van der Waals surface area contributed by atoms with Gasteiger partial charge in [0.2, 0.25) is 0 Å². The number of rotatable bonds is 5. The number of nitrogens with zero attached hydrogens (tertiary/aromatic N) is 2. The Morgan fingerprint density at radius 3 is 2.57 bits per heavy atom. The van der Waals surface area contributed by atoms with Crippen LogP contribution in [0.5, 0.6) is 0 Å². The lowest BCUT2D eigenvalue weighted by Gasteiger charge is -2.33. The molecule has 2 heterocycles. The molecular weight excluding hydrogens is 292 g/mol. The second-order valence-corrected chi connectivity index (χ2v) is 6.94. The number of amides is 1. The minimum atomic E-state index is -0.476. The summed E-state index contributed by atoms with van der Waals surface area (Å²) in [4.78, 5) is 17.2. The first-order chi connectivity index (χ1) is 10.7. The monoisotopic (exact) mass is 318 g/mol. The first kappa shape index (κ1) is 17.4. The summed E-state index contributed by atoms with van der Waals surface area (Å²) in [6.45, 7) is 12.3. The third kappa shape index (κ3) is 3.22. The summed E-state index contributed by atoms with van der Waals surface area (Å²) in [7, 11) is 0. The third-order valence-electron chi connectivity index (χ3n) is 4.49. The first-order valence-corrected chi connectivity index (χ1v) is 7.99. The van der Waals surface area contributed by atoms with Gasteiger partial charge in [-0.3, -0.25) is 4.79 Å². The largest absolute Gasteiger partial charge is 0.345 e. The number of nitrogens with two attached hydrogens (primary N) is 1. The van der Waals surface area contributed by atoms with E-state index in [0.29, 0.717) is 28.9 Å². The van der Waals surface area contributed by atoms with Crippen molar-refractivity contribution >= 4 is 17.0 Å². The molecule has 2 aromatic rings. The maximum Gasteiger partial charge on any atom is 0.259 e. The number of carbonyl (C=O) groups is 1. The Kier molecular flexibility index (Phi) is 4.75. The van der Waals surface area contributed by atoms with Crippen LogP contribution >= 0.6 is 0 Å². The van der Waals surface area contributed by atoms with Crippen molar-refractivity contribution < 1.29 is 9.32 Å². The number of carbonyl (C=O) groups excluding carboxylic acids is 1. The summed E-state index contributed by atoms with van der Waals surface area (Å²) < 4.78 is 5.32. The van der Waals surface area contributed by atoms with Gasteiger partial charge in [-0.15, -0.1) is 0 Å². The molecule has 1 atom stereocenters. The Bertz CT molecular complexity index is 721. The van der Waals surface area contributed by atoms with Crippen molar-refractivity contribution in [2.45, 2.75) is 53.0 Å². The number of pyridine rings is 1. The van der Waals surface area contributed by atoms with Gasteiger partial charge in [0, 0.05) is 12.2 Å². The second kappa shape index (κ2) is 6.28. The molecule has 0 aliphatic heterocycles. The van der Waals surface area contributed by atoms with Crippen molar-refractivity contribution in [3.63, 3.8) is 0 Å². The summed E-state index contributed by atoms with van der Waals surface area (Å²) in [5.41, 5.74) is 7.80. The molecular formula is C17H26N4O2. The summed E-state index contributed by atoms with van der Waals surface area (Å²) >= 11 is 0. The van der Waals surface area contributed by atoms with Crippen LogP contribution in [0.25, 0.3) is 11.1 Å². The maximum absolute atomic E-state index is 12.9. The molecule has 2 aromatic heterocycles. The minimum Gasteiger partial charge on any atom is -0.345 e. The van der Waals surface area contributed by atoms with Crippen LogP contribution in [0.1, 0.15) is 62.3 Å². The molecule has 0 fully saturated rings. The lowest BCUT2D eigenvalue weighted by atomic mass is 9.88. The van der Waals surface area contributed by atoms with E-state index in [4.69, 9.17) is 10.3 Å². The zero-order valence-corrected chi connectivity index (χ0v) is 14.7. The van der Waals surface area contributed by atoms with Crippen LogP contribution in [-0.4, -0.2) is 28.1 Å². The number of nitrogens with one attached hydrogen (secondary N) is 1. The van der Waals surface area contributed by atoms with Crippen LogP contribution in [0, 0.1) is 12.8 Å². The van der Waals surface area contributed by atoms with E-state index in [-0.39, 0.29) is 17.7 Å². The van der Waals surface area contributed by atoms with Gasteiger partial charge in [-0.05, 0) is 31.7 Å². The van der Waals surface area contributed by atoms with Crippen LogP contribution in [-0.2, 0) is 0 Å². The van der Waals surface area contributed by atoms with Gasteiger partial charge in [-0.2, -0.15) is 0 Å². The molecule has 0 aromatic carbocycles. The van der Waals surface area contributed by atoms with Gasteiger partial charge in [0.15, 0.2) is 0 Å². The Morgan fingerprint density at radius 1 is 1.39 bits per heavy atom. The molecule has 1 amide bonds. The van der Waals surface area contributed by atoms with Crippen LogP contribution < -0.4 is 11.1 Å². The van der Waals surface area contributed by atoms with Crippen LogP contribution in [0.15, 0.2) is 10.6 Å². The highest BCUT2D eigenvalue weighted by Crippen LogP contribution is 2.28. The number of fused-ring (bicyclic) bond motifs is 1. The van der Waals surface area contributed by atoms with E-state index in [1.165, 1.54) is 0 Å². The lowest BCUT2D eigenvalue weighted by molar-refractivity contribution is 0.0884. The normalized spacial score (nSPS) is 14.5. The molecule has 0 aliphatic carbocycles. The molecule has 0 radical (unpaired) electrons. The van der Waals surface area contributed by atoms with E-state index in [0.717, 1.165) is 5.69 Å². The first-order valence-electron chi connectivity index (χ1n) is 7.99. The molecule has 6 heteroatoms. The molecule has 0 spiro atoms. The average molecular weight is 318 g/mol. The van der Waals surface area contributed by atoms with Gasteiger partial charge >= 0.3 is 0 Å². The lowest BCUT2D eigenvalue weighted by Crippen LogP contribution is -2.55. The topological polar surface area (TPSA) is 94.0 Å². The average Bonchev–Trinajstić information content (AvgIpc) is 2.89.